The number of hydrogen-bond donors (Lipinski definition) is 2. The van der Waals surface area contributed by atoms with E-state index < -0.39 is 5.54 Å². The first-order valence-electron chi connectivity index (χ1n) is 7.26. The Kier molecular flexibility index (Phi) is 4.96. The summed E-state index contributed by atoms with van der Waals surface area (Å²) in [6, 6.07) is 9.25. The lowest BCUT2D eigenvalue weighted by Crippen LogP contribution is -2.65. The fourth-order valence-electron chi connectivity index (χ4n) is 3.00. The highest BCUT2D eigenvalue weighted by Gasteiger charge is 2.48. The third-order valence-electron chi connectivity index (χ3n) is 3.96. The number of amides is 2. The van der Waals surface area contributed by atoms with Crippen molar-refractivity contribution in [3.63, 3.8) is 0 Å². The highest BCUT2D eigenvalue weighted by molar-refractivity contribution is 6.01. The molecule has 0 heterocycles. The van der Waals surface area contributed by atoms with Gasteiger partial charge in [0.2, 0.25) is 5.91 Å². The fraction of sp³-hybridized carbons (Fsp3) is 0.500. The van der Waals surface area contributed by atoms with Gasteiger partial charge in [-0.3, -0.25) is 9.59 Å². The molecule has 21 heavy (non-hydrogen) atoms. The van der Waals surface area contributed by atoms with E-state index in [-0.39, 0.29) is 17.9 Å². The quantitative estimate of drug-likeness (QED) is 0.892. The van der Waals surface area contributed by atoms with Gasteiger partial charge >= 0.3 is 0 Å². The third-order valence-corrected chi connectivity index (χ3v) is 3.96. The summed E-state index contributed by atoms with van der Waals surface area (Å²) in [5, 5.41) is 5.73. The van der Waals surface area contributed by atoms with Gasteiger partial charge in [-0.1, -0.05) is 31.0 Å². The molecule has 114 valence electrons. The molecule has 1 aliphatic rings. The minimum atomic E-state index is -0.991. The first kappa shape index (κ1) is 15.5. The first-order valence-corrected chi connectivity index (χ1v) is 7.26. The van der Waals surface area contributed by atoms with E-state index in [9.17, 15) is 9.59 Å². The topological polar surface area (TPSA) is 67.4 Å². The van der Waals surface area contributed by atoms with Crippen LogP contribution in [-0.4, -0.2) is 30.6 Å². The zero-order valence-electron chi connectivity index (χ0n) is 12.5. The number of rotatable bonds is 4. The van der Waals surface area contributed by atoms with Crippen LogP contribution in [0.2, 0.25) is 0 Å². The second-order valence-electron chi connectivity index (χ2n) is 5.44. The van der Waals surface area contributed by atoms with E-state index in [0.717, 1.165) is 19.3 Å². The molecule has 2 rings (SSSR count). The summed E-state index contributed by atoms with van der Waals surface area (Å²) in [5.41, 5.74) is -0.276. The second kappa shape index (κ2) is 6.72. The van der Waals surface area contributed by atoms with E-state index in [1.807, 2.05) is 30.3 Å². The number of nitrogens with one attached hydrogen (secondary N) is 2. The van der Waals surface area contributed by atoms with Gasteiger partial charge in [-0.15, -0.1) is 0 Å². The van der Waals surface area contributed by atoms with Gasteiger partial charge in [-0.05, 0) is 25.0 Å². The molecule has 0 spiro atoms. The lowest BCUT2D eigenvalue weighted by Gasteiger charge is -2.42. The van der Waals surface area contributed by atoms with Crippen molar-refractivity contribution in [2.45, 2.75) is 44.2 Å². The zero-order chi connectivity index (χ0) is 15.3. The molecule has 2 amide bonds. The first-order chi connectivity index (χ1) is 10.1. The number of benzene rings is 1. The number of anilines is 1. The van der Waals surface area contributed by atoms with Crippen molar-refractivity contribution in [3.05, 3.63) is 30.3 Å². The molecule has 0 aliphatic heterocycles. The van der Waals surface area contributed by atoms with Crippen molar-refractivity contribution < 1.29 is 14.3 Å². The molecule has 5 nitrogen and oxygen atoms in total. The molecule has 5 heteroatoms. The zero-order valence-corrected chi connectivity index (χ0v) is 12.5. The number of methoxy groups -OCH3 is 1. The van der Waals surface area contributed by atoms with Gasteiger partial charge in [0, 0.05) is 19.7 Å². The minimum Gasteiger partial charge on any atom is -0.378 e. The maximum Gasteiger partial charge on any atom is 0.252 e. The predicted octanol–water partition coefficient (Wildman–Crippen LogP) is 2.09. The monoisotopic (exact) mass is 290 g/mol. The maximum atomic E-state index is 12.8. The molecule has 0 saturated heterocycles. The van der Waals surface area contributed by atoms with Crippen molar-refractivity contribution in [3.8, 4) is 0 Å². The standard InChI is InChI=1S/C16H22N2O3/c1-12(19)18-16(11-7-6-10-14(16)21-2)15(20)17-13-8-4-3-5-9-13/h3-5,8-9,14H,6-7,10-11H2,1-2H3,(H,17,20)(H,18,19). The smallest absolute Gasteiger partial charge is 0.252 e. The number of carbonyl (C=O) groups excluding carboxylic acids is 2. The Morgan fingerprint density at radius 3 is 2.57 bits per heavy atom. The average molecular weight is 290 g/mol. The normalized spacial score (nSPS) is 25.1. The lowest BCUT2D eigenvalue weighted by atomic mass is 9.78. The van der Waals surface area contributed by atoms with Crippen LogP contribution in [0.1, 0.15) is 32.6 Å². The summed E-state index contributed by atoms with van der Waals surface area (Å²) in [6.45, 7) is 1.43. The molecule has 2 N–H and O–H groups in total. The third kappa shape index (κ3) is 3.42. The van der Waals surface area contributed by atoms with Gasteiger partial charge in [-0.2, -0.15) is 0 Å². The highest BCUT2D eigenvalue weighted by Crippen LogP contribution is 2.32. The highest BCUT2D eigenvalue weighted by atomic mass is 16.5. The summed E-state index contributed by atoms with van der Waals surface area (Å²) in [6.07, 6.45) is 2.93. The molecule has 0 bridgehead atoms. The summed E-state index contributed by atoms with van der Waals surface area (Å²) in [4.78, 5) is 24.4. The number of ether oxygens (including phenoxy) is 1. The van der Waals surface area contributed by atoms with E-state index in [2.05, 4.69) is 10.6 Å². The van der Waals surface area contributed by atoms with Gasteiger partial charge in [-0.25, -0.2) is 0 Å². The molecular weight excluding hydrogens is 268 g/mol. The summed E-state index contributed by atoms with van der Waals surface area (Å²) >= 11 is 0. The van der Waals surface area contributed by atoms with Crippen LogP contribution in [0.5, 0.6) is 0 Å². The second-order valence-corrected chi connectivity index (χ2v) is 5.44. The van der Waals surface area contributed by atoms with Gasteiger partial charge in [0.05, 0.1) is 6.10 Å². The van der Waals surface area contributed by atoms with Crippen molar-refractivity contribution in [2.24, 2.45) is 0 Å². The minimum absolute atomic E-state index is 0.213. The van der Waals surface area contributed by atoms with Crippen LogP contribution in [0, 0.1) is 0 Å². The fourth-order valence-corrected chi connectivity index (χ4v) is 3.00. The lowest BCUT2D eigenvalue weighted by molar-refractivity contribution is -0.138. The molecule has 2 unspecified atom stereocenters. The van der Waals surface area contributed by atoms with Gasteiger partial charge in [0.15, 0.2) is 0 Å². The van der Waals surface area contributed by atoms with Crippen LogP contribution in [0.3, 0.4) is 0 Å². The molecule has 1 aromatic rings. The van der Waals surface area contributed by atoms with Gasteiger partial charge in [0.25, 0.3) is 5.91 Å². The Balaban J connectivity index is 2.25. The van der Waals surface area contributed by atoms with E-state index >= 15 is 0 Å². The molecule has 1 saturated carbocycles. The number of hydrogen-bond acceptors (Lipinski definition) is 3. The van der Waals surface area contributed by atoms with Crippen LogP contribution >= 0.6 is 0 Å². The summed E-state index contributed by atoms with van der Waals surface area (Å²) in [5.74, 6) is -0.433. The van der Waals surface area contributed by atoms with E-state index in [1.54, 1.807) is 7.11 Å². The van der Waals surface area contributed by atoms with Crippen LogP contribution in [0.4, 0.5) is 5.69 Å². The van der Waals surface area contributed by atoms with Crippen LogP contribution in [-0.2, 0) is 14.3 Å². The summed E-state index contributed by atoms with van der Waals surface area (Å²) < 4.78 is 5.49. The Hall–Kier alpha value is -1.88. The molecule has 2 atom stereocenters. The molecule has 0 aromatic heterocycles. The Morgan fingerprint density at radius 2 is 1.95 bits per heavy atom. The van der Waals surface area contributed by atoms with Crippen LogP contribution in [0.15, 0.2) is 30.3 Å². The average Bonchev–Trinajstić information content (AvgIpc) is 2.48. The molecule has 1 aliphatic carbocycles. The van der Waals surface area contributed by atoms with E-state index in [0.29, 0.717) is 12.1 Å². The van der Waals surface area contributed by atoms with Gasteiger partial charge in [0.1, 0.15) is 5.54 Å². The van der Waals surface area contributed by atoms with Crippen molar-refractivity contribution in [1.82, 2.24) is 5.32 Å². The molecule has 1 aromatic carbocycles. The van der Waals surface area contributed by atoms with Crippen molar-refractivity contribution >= 4 is 17.5 Å². The SMILES string of the molecule is COC1CCCCC1(NC(C)=O)C(=O)Nc1ccccc1. The maximum absolute atomic E-state index is 12.8. The van der Waals surface area contributed by atoms with Crippen LogP contribution in [0.25, 0.3) is 0 Å². The molecule has 0 radical (unpaired) electrons. The van der Waals surface area contributed by atoms with Crippen molar-refractivity contribution in [1.29, 1.82) is 0 Å². The summed E-state index contributed by atoms with van der Waals surface area (Å²) in [7, 11) is 1.59. The molecule has 1 fully saturated rings. The number of para-hydroxylation sites is 1. The van der Waals surface area contributed by atoms with E-state index in [4.69, 9.17) is 4.74 Å². The van der Waals surface area contributed by atoms with Gasteiger partial charge < -0.3 is 15.4 Å². The van der Waals surface area contributed by atoms with Crippen LogP contribution < -0.4 is 10.6 Å². The van der Waals surface area contributed by atoms with E-state index in [1.165, 1.54) is 6.92 Å². The predicted molar refractivity (Wildman–Crippen MR) is 80.9 cm³/mol. The Bertz CT molecular complexity index is 504. The Morgan fingerprint density at radius 1 is 1.24 bits per heavy atom. The Labute approximate surface area is 125 Å². The largest absolute Gasteiger partial charge is 0.378 e. The number of carbonyl (C=O) groups is 2. The molecular formula is C16H22N2O3. The van der Waals surface area contributed by atoms with Crippen molar-refractivity contribution in [2.75, 3.05) is 12.4 Å².